The number of nitrogens with one attached hydrogen (secondary N) is 1. The molecule has 17 heavy (non-hydrogen) atoms. The van der Waals surface area contributed by atoms with Crippen LogP contribution in [-0.4, -0.2) is 6.04 Å². The fourth-order valence-electron chi connectivity index (χ4n) is 2.49. The van der Waals surface area contributed by atoms with Crippen LogP contribution in [0.15, 0.2) is 12.1 Å². The molecule has 1 saturated carbocycles. The van der Waals surface area contributed by atoms with E-state index in [9.17, 15) is 0 Å². The van der Waals surface area contributed by atoms with Gasteiger partial charge in [-0.25, -0.2) is 0 Å². The van der Waals surface area contributed by atoms with E-state index < -0.39 is 0 Å². The van der Waals surface area contributed by atoms with Crippen molar-refractivity contribution in [3.8, 4) is 0 Å². The highest BCUT2D eigenvalue weighted by atomic mass is 35.5. The van der Waals surface area contributed by atoms with Gasteiger partial charge in [-0.3, -0.25) is 0 Å². The maximum atomic E-state index is 3.73. The van der Waals surface area contributed by atoms with Crippen molar-refractivity contribution in [2.75, 3.05) is 0 Å². The zero-order valence-electron chi connectivity index (χ0n) is 10.7. The summed E-state index contributed by atoms with van der Waals surface area (Å²) in [5.41, 5.74) is 0. The first-order chi connectivity index (χ1) is 7.84. The minimum Gasteiger partial charge on any atom is -0.309 e. The lowest BCUT2D eigenvalue weighted by Crippen LogP contribution is -2.28. The van der Waals surface area contributed by atoms with Crippen LogP contribution in [0.5, 0.6) is 0 Å². The summed E-state index contributed by atoms with van der Waals surface area (Å²) in [7, 11) is 0. The van der Waals surface area contributed by atoms with Crippen molar-refractivity contribution in [2.45, 2.75) is 64.5 Å². The second kappa shape index (κ2) is 8.12. The highest BCUT2D eigenvalue weighted by molar-refractivity contribution is 7.11. The van der Waals surface area contributed by atoms with E-state index in [0.29, 0.717) is 0 Å². The maximum absolute atomic E-state index is 3.73. The Labute approximate surface area is 115 Å². The van der Waals surface area contributed by atoms with E-state index in [1.807, 2.05) is 11.3 Å². The number of halogens is 1. The van der Waals surface area contributed by atoms with Crippen LogP contribution in [0, 0.1) is 6.92 Å². The number of aryl methyl sites for hydroxylation is 1. The standard InChI is InChI=1S/C14H23NS.ClH/c1-12-9-10-14(16-12)11-15-13-7-5-3-2-4-6-8-13;/h9-10,13,15H,2-8,11H2,1H3;1H. The van der Waals surface area contributed by atoms with Crippen LogP contribution >= 0.6 is 23.7 Å². The molecule has 0 spiro atoms. The average molecular weight is 274 g/mol. The highest BCUT2D eigenvalue weighted by Gasteiger charge is 2.10. The maximum Gasteiger partial charge on any atom is 0.0302 e. The largest absolute Gasteiger partial charge is 0.309 e. The second-order valence-corrected chi connectivity index (χ2v) is 6.31. The first-order valence-electron chi connectivity index (χ1n) is 6.63. The van der Waals surface area contributed by atoms with E-state index in [-0.39, 0.29) is 12.4 Å². The smallest absolute Gasteiger partial charge is 0.0302 e. The Hall–Kier alpha value is -0.0500. The summed E-state index contributed by atoms with van der Waals surface area (Å²) in [6, 6.07) is 5.25. The zero-order chi connectivity index (χ0) is 11.2. The van der Waals surface area contributed by atoms with Crippen molar-refractivity contribution < 1.29 is 0 Å². The van der Waals surface area contributed by atoms with Crippen molar-refractivity contribution >= 4 is 23.7 Å². The first-order valence-corrected chi connectivity index (χ1v) is 7.45. The molecule has 0 saturated heterocycles. The lowest BCUT2D eigenvalue weighted by Gasteiger charge is -2.20. The van der Waals surface area contributed by atoms with Gasteiger partial charge in [-0.1, -0.05) is 32.1 Å². The SMILES string of the molecule is Cc1ccc(CNC2CCCCCCC2)s1.Cl. The van der Waals surface area contributed by atoms with Gasteiger partial charge < -0.3 is 5.32 Å². The third-order valence-electron chi connectivity index (χ3n) is 3.47. The van der Waals surface area contributed by atoms with Gasteiger partial charge in [0.25, 0.3) is 0 Å². The van der Waals surface area contributed by atoms with E-state index in [4.69, 9.17) is 0 Å². The van der Waals surface area contributed by atoms with Crippen LogP contribution in [0.2, 0.25) is 0 Å². The molecule has 1 nitrogen and oxygen atoms in total. The molecule has 1 fully saturated rings. The Bertz CT molecular complexity index is 303. The summed E-state index contributed by atoms with van der Waals surface area (Å²) in [5, 5.41) is 3.73. The van der Waals surface area contributed by atoms with Crippen molar-refractivity contribution in [3.05, 3.63) is 21.9 Å². The highest BCUT2D eigenvalue weighted by Crippen LogP contribution is 2.19. The Morgan fingerprint density at radius 1 is 1.12 bits per heavy atom. The van der Waals surface area contributed by atoms with Gasteiger partial charge in [0, 0.05) is 22.3 Å². The van der Waals surface area contributed by atoms with Gasteiger partial charge in [0.1, 0.15) is 0 Å². The number of hydrogen-bond donors (Lipinski definition) is 1. The van der Waals surface area contributed by atoms with Gasteiger partial charge in [-0.05, 0) is 31.9 Å². The fraction of sp³-hybridized carbons (Fsp3) is 0.714. The molecule has 0 amide bonds. The van der Waals surface area contributed by atoms with Crippen LogP contribution in [0.4, 0.5) is 0 Å². The van der Waals surface area contributed by atoms with E-state index in [1.165, 1.54) is 54.7 Å². The van der Waals surface area contributed by atoms with Crippen LogP contribution < -0.4 is 5.32 Å². The topological polar surface area (TPSA) is 12.0 Å². The van der Waals surface area contributed by atoms with Crippen molar-refractivity contribution in [2.24, 2.45) is 0 Å². The molecule has 0 atom stereocenters. The van der Waals surface area contributed by atoms with Crippen molar-refractivity contribution in [3.63, 3.8) is 0 Å². The second-order valence-electron chi connectivity index (χ2n) is 4.94. The Kier molecular flexibility index (Phi) is 7.17. The lowest BCUT2D eigenvalue weighted by molar-refractivity contribution is 0.390. The van der Waals surface area contributed by atoms with Crippen LogP contribution in [-0.2, 0) is 6.54 Å². The minimum atomic E-state index is 0. The molecule has 1 aromatic heterocycles. The molecule has 1 heterocycles. The van der Waals surface area contributed by atoms with E-state index in [1.54, 1.807) is 0 Å². The quantitative estimate of drug-likeness (QED) is 0.843. The molecule has 0 unspecified atom stereocenters. The van der Waals surface area contributed by atoms with Crippen molar-refractivity contribution in [1.29, 1.82) is 0 Å². The van der Waals surface area contributed by atoms with Crippen LogP contribution in [0.1, 0.15) is 54.7 Å². The van der Waals surface area contributed by atoms with E-state index in [2.05, 4.69) is 24.4 Å². The van der Waals surface area contributed by atoms with Crippen LogP contribution in [0.3, 0.4) is 0 Å². The summed E-state index contributed by atoms with van der Waals surface area (Å²) < 4.78 is 0. The number of hydrogen-bond acceptors (Lipinski definition) is 2. The molecule has 3 heteroatoms. The summed E-state index contributed by atoms with van der Waals surface area (Å²) in [6.45, 7) is 3.26. The Morgan fingerprint density at radius 2 is 1.76 bits per heavy atom. The average Bonchev–Trinajstić information content (AvgIpc) is 2.63. The number of thiophene rings is 1. The predicted octanol–water partition coefficient (Wildman–Crippen LogP) is 4.68. The molecule has 1 aromatic rings. The van der Waals surface area contributed by atoms with Gasteiger partial charge in [-0.2, -0.15) is 0 Å². The molecule has 98 valence electrons. The molecular weight excluding hydrogens is 250 g/mol. The van der Waals surface area contributed by atoms with Gasteiger partial charge in [0.2, 0.25) is 0 Å². The predicted molar refractivity (Wildman–Crippen MR) is 79.3 cm³/mol. The van der Waals surface area contributed by atoms with E-state index >= 15 is 0 Å². The fourth-order valence-corrected chi connectivity index (χ4v) is 3.33. The summed E-state index contributed by atoms with van der Waals surface area (Å²) in [5.74, 6) is 0. The molecule has 0 aliphatic heterocycles. The summed E-state index contributed by atoms with van der Waals surface area (Å²) >= 11 is 1.92. The van der Waals surface area contributed by atoms with Gasteiger partial charge in [0.05, 0.1) is 0 Å². The van der Waals surface area contributed by atoms with Gasteiger partial charge in [-0.15, -0.1) is 23.7 Å². The number of rotatable bonds is 3. The summed E-state index contributed by atoms with van der Waals surface area (Å²) in [6.07, 6.45) is 9.93. The zero-order valence-corrected chi connectivity index (χ0v) is 12.3. The Morgan fingerprint density at radius 3 is 2.35 bits per heavy atom. The molecule has 1 aliphatic carbocycles. The van der Waals surface area contributed by atoms with Crippen molar-refractivity contribution in [1.82, 2.24) is 5.32 Å². The van der Waals surface area contributed by atoms with E-state index in [0.717, 1.165) is 12.6 Å². The normalized spacial score (nSPS) is 18.2. The van der Waals surface area contributed by atoms with Crippen LogP contribution in [0.25, 0.3) is 0 Å². The molecule has 1 aliphatic rings. The molecule has 0 radical (unpaired) electrons. The third-order valence-corrected chi connectivity index (χ3v) is 4.47. The minimum absolute atomic E-state index is 0. The molecule has 0 bridgehead atoms. The van der Waals surface area contributed by atoms with Gasteiger partial charge in [0.15, 0.2) is 0 Å². The third kappa shape index (κ3) is 5.41. The van der Waals surface area contributed by atoms with Gasteiger partial charge >= 0.3 is 0 Å². The molecule has 0 aromatic carbocycles. The molecule has 2 rings (SSSR count). The lowest BCUT2D eigenvalue weighted by atomic mass is 9.97. The molecule has 1 N–H and O–H groups in total. The first kappa shape index (κ1) is 15.0. The summed E-state index contributed by atoms with van der Waals surface area (Å²) in [4.78, 5) is 2.91. The molecular formula is C14H24ClNS. The Balaban J connectivity index is 0.00000144. The monoisotopic (exact) mass is 273 g/mol.